The molecule has 0 aliphatic heterocycles. The molecule has 0 amide bonds. The van der Waals surface area contributed by atoms with E-state index in [0.717, 1.165) is 18.3 Å². The van der Waals surface area contributed by atoms with Crippen LogP contribution in [0.15, 0.2) is 40.0 Å². The normalized spacial score (nSPS) is 11.4. The number of nitrogens with zero attached hydrogens (tertiary/aromatic N) is 1. The maximum Gasteiger partial charge on any atom is 0.265 e. The summed E-state index contributed by atoms with van der Waals surface area (Å²) < 4.78 is 52.8. The molecule has 9 heteroatoms. The summed E-state index contributed by atoms with van der Waals surface area (Å²) in [5.74, 6) is -1.73. The minimum atomic E-state index is -4.16. The van der Waals surface area contributed by atoms with Crippen LogP contribution in [0.1, 0.15) is 0 Å². The van der Waals surface area contributed by atoms with E-state index in [1.54, 1.807) is 0 Å². The quantitative estimate of drug-likeness (QED) is 0.824. The van der Waals surface area contributed by atoms with Gasteiger partial charge >= 0.3 is 0 Å². The Kier molecular flexibility index (Phi) is 4.26. The van der Waals surface area contributed by atoms with Gasteiger partial charge in [-0.3, -0.25) is 9.71 Å². The zero-order valence-corrected chi connectivity index (χ0v) is 12.7. The third-order valence-corrected chi connectivity index (χ3v) is 4.72. The molecule has 0 spiro atoms. The molecule has 0 bridgehead atoms. The number of halogens is 4. The van der Waals surface area contributed by atoms with Crippen molar-refractivity contribution in [3.63, 3.8) is 0 Å². The zero-order valence-electron chi connectivity index (χ0n) is 9.57. The Morgan fingerprint density at radius 1 is 1.25 bits per heavy atom. The van der Waals surface area contributed by atoms with Crippen molar-refractivity contribution in [1.29, 1.82) is 0 Å². The standard InChI is InChI=1S/C11H6BrClF2N2O2S/c12-6-3-9(15)10(4-8(6)14)17-20(18,19)11-5-16-2-1-7(11)13/h1-5,17H. The maximum absolute atomic E-state index is 13.6. The summed E-state index contributed by atoms with van der Waals surface area (Å²) in [6.45, 7) is 0. The second-order valence-corrected chi connectivity index (χ2v) is 6.57. The van der Waals surface area contributed by atoms with E-state index in [1.807, 2.05) is 4.72 Å². The molecule has 0 fully saturated rings. The first-order valence-corrected chi connectivity index (χ1v) is 7.73. The van der Waals surface area contributed by atoms with Gasteiger partial charge in [0.15, 0.2) is 0 Å². The van der Waals surface area contributed by atoms with Gasteiger partial charge in [0.25, 0.3) is 10.0 Å². The predicted molar refractivity (Wildman–Crippen MR) is 74.1 cm³/mol. The SMILES string of the molecule is O=S(=O)(Nc1cc(F)c(Br)cc1F)c1cnccc1Cl. The van der Waals surface area contributed by atoms with Crippen molar-refractivity contribution >= 4 is 43.2 Å². The first-order valence-electron chi connectivity index (χ1n) is 5.08. The topological polar surface area (TPSA) is 59.1 Å². The molecule has 0 unspecified atom stereocenters. The van der Waals surface area contributed by atoms with Crippen LogP contribution in [0.2, 0.25) is 5.02 Å². The van der Waals surface area contributed by atoms with E-state index in [-0.39, 0.29) is 14.4 Å². The highest BCUT2D eigenvalue weighted by atomic mass is 79.9. The van der Waals surface area contributed by atoms with Gasteiger partial charge in [0.05, 0.1) is 15.2 Å². The molecular formula is C11H6BrClF2N2O2S. The van der Waals surface area contributed by atoms with Gasteiger partial charge in [0.1, 0.15) is 16.5 Å². The van der Waals surface area contributed by atoms with Gasteiger partial charge < -0.3 is 0 Å². The van der Waals surface area contributed by atoms with Gasteiger partial charge in [-0.25, -0.2) is 17.2 Å². The monoisotopic (exact) mass is 382 g/mol. The molecule has 2 rings (SSSR count). The lowest BCUT2D eigenvalue weighted by molar-refractivity contribution is 0.591. The summed E-state index contributed by atoms with van der Waals surface area (Å²) in [6.07, 6.45) is 2.32. The van der Waals surface area contributed by atoms with Crippen LogP contribution in [0.4, 0.5) is 14.5 Å². The molecule has 0 saturated carbocycles. The van der Waals surface area contributed by atoms with Crippen molar-refractivity contribution in [3.05, 3.63) is 51.7 Å². The number of hydrogen-bond acceptors (Lipinski definition) is 3. The van der Waals surface area contributed by atoms with Gasteiger partial charge in [-0.1, -0.05) is 11.6 Å². The van der Waals surface area contributed by atoms with Crippen molar-refractivity contribution in [3.8, 4) is 0 Å². The van der Waals surface area contributed by atoms with Crippen molar-refractivity contribution in [2.24, 2.45) is 0 Å². The molecule has 0 radical (unpaired) electrons. The highest BCUT2D eigenvalue weighted by Gasteiger charge is 2.20. The Balaban J connectivity index is 2.44. The molecule has 0 aliphatic carbocycles. The fraction of sp³-hybridized carbons (Fsp3) is 0. The third-order valence-electron chi connectivity index (χ3n) is 2.28. The fourth-order valence-corrected chi connectivity index (χ4v) is 3.17. The summed E-state index contributed by atoms with van der Waals surface area (Å²) in [4.78, 5) is 3.30. The lowest BCUT2D eigenvalue weighted by Crippen LogP contribution is -2.15. The minimum Gasteiger partial charge on any atom is -0.276 e. The molecule has 1 aromatic heterocycles. The van der Waals surface area contributed by atoms with E-state index in [2.05, 4.69) is 20.9 Å². The van der Waals surface area contributed by atoms with Crippen LogP contribution in [-0.2, 0) is 10.0 Å². The number of sulfonamides is 1. The van der Waals surface area contributed by atoms with Crippen LogP contribution in [0.25, 0.3) is 0 Å². The summed E-state index contributed by atoms with van der Waals surface area (Å²) in [5, 5.41) is -0.0782. The van der Waals surface area contributed by atoms with Crippen LogP contribution in [0, 0.1) is 11.6 Å². The number of benzene rings is 1. The molecule has 2 aromatic rings. The first kappa shape index (κ1) is 15.1. The molecular weight excluding hydrogens is 378 g/mol. The van der Waals surface area contributed by atoms with Crippen LogP contribution in [0.3, 0.4) is 0 Å². The molecule has 4 nitrogen and oxygen atoms in total. The molecule has 0 aliphatic rings. The molecule has 106 valence electrons. The van der Waals surface area contributed by atoms with Gasteiger partial charge in [0.2, 0.25) is 0 Å². The second kappa shape index (κ2) is 5.63. The van der Waals surface area contributed by atoms with E-state index >= 15 is 0 Å². The molecule has 20 heavy (non-hydrogen) atoms. The van der Waals surface area contributed by atoms with E-state index in [4.69, 9.17) is 11.6 Å². The Hall–Kier alpha value is -1.25. The van der Waals surface area contributed by atoms with Gasteiger partial charge in [-0.2, -0.15) is 0 Å². The summed E-state index contributed by atoms with van der Waals surface area (Å²) in [7, 11) is -4.16. The second-order valence-electron chi connectivity index (χ2n) is 3.66. The van der Waals surface area contributed by atoms with Crippen molar-refractivity contribution < 1.29 is 17.2 Å². The summed E-state index contributed by atoms with van der Waals surface area (Å²) in [6, 6.07) is 2.81. The number of nitrogens with one attached hydrogen (secondary N) is 1. The highest BCUT2D eigenvalue weighted by molar-refractivity contribution is 9.10. The van der Waals surface area contributed by atoms with Gasteiger partial charge in [-0.05, 0) is 28.1 Å². The van der Waals surface area contributed by atoms with Gasteiger partial charge in [-0.15, -0.1) is 0 Å². The average molecular weight is 384 g/mol. The highest BCUT2D eigenvalue weighted by Crippen LogP contribution is 2.27. The van der Waals surface area contributed by atoms with E-state index in [0.29, 0.717) is 0 Å². The maximum atomic E-state index is 13.6. The molecule has 0 saturated heterocycles. The number of rotatable bonds is 3. The molecule has 1 N–H and O–H groups in total. The Labute approximate surface area is 127 Å². The Morgan fingerprint density at radius 2 is 1.95 bits per heavy atom. The van der Waals surface area contributed by atoms with E-state index < -0.39 is 27.3 Å². The molecule has 1 aromatic carbocycles. The van der Waals surface area contributed by atoms with Crippen LogP contribution in [-0.4, -0.2) is 13.4 Å². The van der Waals surface area contributed by atoms with E-state index in [1.165, 1.54) is 12.3 Å². The van der Waals surface area contributed by atoms with Crippen LogP contribution in [0.5, 0.6) is 0 Å². The van der Waals surface area contributed by atoms with Crippen LogP contribution >= 0.6 is 27.5 Å². The molecule has 0 atom stereocenters. The number of pyridine rings is 1. The minimum absolute atomic E-state index is 0.0782. The summed E-state index contributed by atoms with van der Waals surface area (Å²) in [5.41, 5.74) is -0.523. The predicted octanol–water partition coefficient (Wildman–Crippen LogP) is 3.58. The lowest BCUT2D eigenvalue weighted by Gasteiger charge is -2.10. The first-order chi connectivity index (χ1) is 9.31. The van der Waals surface area contributed by atoms with Crippen molar-refractivity contribution in [2.75, 3.05) is 4.72 Å². The van der Waals surface area contributed by atoms with Crippen LogP contribution < -0.4 is 4.72 Å². The van der Waals surface area contributed by atoms with Crippen molar-refractivity contribution in [2.45, 2.75) is 4.90 Å². The largest absolute Gasteiger partial charge is 0.276 e. The van der Waals surface area contributed by atoms with E-state index in [9.17, 15) is 17.2 Å². The number of anilines is 1. The smallest absolute Gasteiger partial charge is 0.265 e. The summed E-state index contributed by atoms with van der Waals surface area (Å²) >= 11 is 8.53. The Morgan fingerprint density at radius 3 is 2.60 bits per heavy atom. The van der Waals surface area contributed by atoms with Crippen molar-refractivity contribution in [1.82, 2.24) is 4.98 Å². The molecule has 1 heterocycles. The average Bonchev–Trinajstić information content (AvgIpc) is 2.36. The zero-order chi connectivity index (χ0) is 14.9. The Bertz CT molecular complexity index is 771. The van der Waals surface area contributed by atoms with Gasteiger partial charge in [0, 0.05) is 18.5 Å². The number of hydrogen-bond donors (Lipinski definition) is 1. The fourth-order valence-electron chi connectivity index (χ4n) is 1.36. The lowest BCUT2D eigenvalue weighted by atomic mass is 10.3. The third kappa shape index (κ3) is 3.08. The number of aromatic nitrogens is 1.